The quantitative estimate of drug-likeness (QED) is 0.734. The topological polar surface area (TPSA) is 44.4 Å². The fourth-order valence-corrected chi connectivity index (χ4v) is 3.59. The molecule has 3 heterocycles. The van der Waals surface area contributed by atoms with Crippen molar-refractivity contribution in [3.05, 3.63) is 0 Å². The molecule has 1 amide bonds. The molecule has 0 bridgehead atoms. The first-order chi connectivity index (χ1) is 8.33. The summed E-state index contributed by atoms with van der Waals surface area (Å²) < 4.78 is 0. The molecule has 17 heavy (non-hydrogen) atoms. The number of carbonyl (C=O) groups is 1. The van der Waals surface area contributed by atoms with Crippen LogP contribution in [0.25, 0.3) is 0 Å². The predicted molar refractivity (Wildman–Crippen MR) is 66.8 cm³/mol. The zero-order valence-electron chi connectivity index (χ0n) is 10.5. The van der Waals surface area contributed by atoms with Gasteiger partial charge in [0.2, 0.25) is 5.91 Å². The van der Waals surface area contributed by atoms with Crippen LogP contribution in [-0.4, -0.2) is 48.6 Å². The molecule has 3 fully saturated rings. The predicted octanol–water partition coefficient (Wildman–Crippen LogP) is 0.481. The summed E-state index contributed by atoms with van der Waals surface area (Å²) >= 11 is 0. The molecule has 0 radical (unpaired) electrons. The van der Waals surface area contributed by atoms with Crippen molar-refractivity contribution >= 4 is 5.91 Å². The van der Waals surface area contributed by atoms with Crippen LogP contribution in [0.1, 0.15) is 38.5 Å². The second kappa shape index (κ2) is 4.94. The maximum absolute atomic E-state index is 11.7. The average Bonchev–Trinajstić information content (AvgIpc) is 2.79. The molecule has 3 unspecified atom stereocenters. The van der Waals surface area contributed by atoms with Crippen molar-refractivity contribution in [3.8, 4) is 0 Å². The molecule has 0 aromatic heterocycles. The molecular weight excluding hydrogens is 214 g/mol. The first kappa shape index (κ1) is 11.5. The number of carbonyl (C=O) groups excluding carboxylic acids is 1. The summed E-state index contributed by atoms with van der Waals surface area (Å²) in [6.07, 6.45) is 7.29. The number of hydrogen-bond acceptors (Lipinski definition) is 3. The molecule has 2 N–H and O–H groups in total. The highest BCUT2D eigenvalue weighted by molar-refractivity contribution is 5.82. The van der Waals surface area contributed by atoms with Crippen molar-refractivity contribution in [3.63, 3.8) is 0 Å². The van der Waals surface area contributed by atoms with E-state index in [0.29, 0.717) is 6.04 Å². The highest BCUT2D eigenvalue weighted by atomic mass is 16.2. The van der Waals surface area contributed by atoms with E-state index in [1.165, 1.54) is 38.8 Å². The van der Waals surface area contributed by atoms with Crippen LogP contribution in [0, 0.1) is 0 Å². The van der Waals surface area contributed by atoms with Gasteiger partial charge in [0, 0.05) is 18.6 Å². The van der Waals surface area contributed by atoms with E-state index in [1.807, 2.05) is 0 Å². The van der Waals surface area contributed by atoms with Gasteiger partial charge in [-0.1, -0.05) is 0 Å². The van der Waals surface area contributed by atoms with Gasteiger partial charge in [0.1, 0.15) is 0 Å². The highest BCUT2D eigenvalue weighted by Gasteiger charge is 2.33. The summed E-state index contributed by atoms with van der Waals surface area (Å²) in [5.74, 6) is 0.213. The molecule has 3 rings (SSSR count). The smallest absolute Gasteiger partial charge is 0.237 e. The van der Waals surface area contributed by atoms with Gasteiger partial charge in [-0.3, -0.25) is 4.79 Å². The van der Waals surface area contributed by atoms with Crippen LogP contribution in [0.2, 0.25) is 0 Å². The van der Waals surface area contributed by atoms with Gasteiger partial charge >= 0.3 is 0 Å². The summed E-state index contributed by atoms with van der Waals surface area (Å²) in [6, 6.07) is 1.41. The Hall–Kier alpha value is -0.610. The number of fused-ring (bicyclic) bond motifs is 1. The Morgan fingerprint density at radius 3 is 3.00 bits per heavy atom. The van der Waals surface area contributed by atoms with Crippen LogP contribution in [0.5, 0.6) is 0 Å². The second-order valence-electron chi connectivity index (χ2n) is 5.71. The Bertz CT molecular complexity index is 294. The van der Waals surface area contributed by atoms with Gasteiger partial charge in [-0.25, -0.2) is 0 Å². The van der Waals surface area contributed by atoms with Crippen LogP contribution >= 0.6 is 0 Å². The van der Waals surface area contributed by atoms with E-state index in [1.54, 1.807) is 0 Å². The van der Waals surface area contributed by atoms with Crippen molar-refractivity contribution in [2.75, 3.05) is 19.6 Å². The zero-order chi connectivity index (χ0) is 11.7. The molecule has 3 aliphatic rings. The SMILES string of the molecule is O=C1NCCCC1NC1CCN2CCCC2C1. The molecule has 3 saturated heterocycles. The minimum absolute atomic E-state index is 0.0710. The van der Waals surface area contributed by atoms with E-state index >= 15 is 0 Å². The van der Waals surface area contributed by atoms with Gasteiger partial charge in [0.25, 0.3) is 0 Å². The number of nitrogens with zero attached hydrogens (tertiary/aromatic N) is 1. The Kier molecular flexibility index (Phi) is 3.34. The lowest BCUT2D eigenvalue weighted by molar-refractivity contribution is -0.124. The largest absolute Gasteiger partial charge is 0.355 e. The van der Waals surface area contributed by atoms with Crippen LogP contribution < -0.4 is 10.6 Å². The summed E-state index contributed by atoms with van der Waals surface area (Å²) in [5.41, 5.74) is 0. The van der Waals surface area contributed by atoms with Crippen molar-refractivity contribution in [1.82, 2.24) is 15.5 Å². The molecule has 96 valence electrons. The fourth-order valence-electron chi connectivity index (χ4n) is 3.59. The van der Waals surface area contributed by atoms with Crippen LogP contribution in [0.4, 0.5) is 0 Å². The first-order valence-electron chi connectivity index (χ1n) is 7.11. The Balaban J connectivity index is 1.53. The van der Waals surface area contributed by atoms with E-state index in [-0.39, 0.29) is 11.9 Å². The molecule has 3 atom stereocenters. The van der Waals surface area contributed by atoms with E-state index in [2.05, 4.69) is 15.5 Å². The van der Waals surface area contributed by atoms with Gasteiger partial charge < -0.3 is 15.5 Å². The van der Waals surface area contributed by atoms with Crippen LogP contribution in [0.3, 0.4) is 0 Å². The van der Waals surface area contributed by atoms with E-state index in [4.69, 9.17) is 0 Å². The molecule has 4 nitrogen and oxygen atoms in total. The highest BCUT2D eigenvalue weighted by Crippen LogP contribution is 2.27. The summed E-state index contributed by atoms with van der Waals surface area (Å²) in [7, 11) is 0. The minimum Gasteiger partial charge on any atom is -0.355 e. The second-order valence-corrected chi connectivity index (χ2v) is 5.71. The minimum atomic E-state index is 0.0710. The fraction of sp³-hybridized carbons (Fsp3) is 0.923. The normalized spacial score (nSPS) is 38.8. The lowest BCUT2D eigenvalue weighted by Crippen LogP contribution is -2.54. The molecule has 0 aromatic rings. The first-order valence-corrected chi connectivity index (χ1v) is 7.11. The Labute approximate surface area is 103 Å². The van der Waals surface area contributed by atoms with Crippen LogP contribution in [-0.2, 0) is 4.79 Å². The summed E-state index contributed by atoms with van der Waals surface area (Å²) in [5, 5.41) is 6.54. The van der Waals surface area contributed by atoms with Crippen molar-refractivity contribution in [1.29, 1.82) is 0 Å². The molecular formula is C13H23N3O. The van der Waals surface area contributed by atoms with Crippen molar-refractivity contribution < 1.29 is 4.79 Å². The maximum Gasteiger partial charge on any atom is 0.237 e. The molecule has 0 aromatic carbocycles. The number of piperidine rings is 2. The van der Waals surface area contributed by atoms with Gasteiger partial charge in [-0.2, -0.15) is 0 Å². The van der Waals surface area contributed by atoms with E-state index < -0.39 is 0 Å². The third-order valence-electron chi connectivity index (χ3n) is 4.54. The number of amides is 1. The Morgan fingerprint density at radius 1 is 1.18 bits per heavy atom. The monoisotopic (exact) mass is 237 g/mol. The van der Waals surface area contributed by atoms with E-state index in [9.17, 15) is 4.79 Å². The summed E-state index contributed by atoms with van der Waals surface area (Å²) in [6.45, 7) is 3.37. The van der Waals surface area contributed by atoms with Gasteiger partial charge in [-0.15, -0.1) is 0 Å². The van der Waals surface area contributed by atoms with Gasteiger partial charge in [0.05, 0.1) is 6.04 Å². The van der Waals surface area contributed by atoms with Crippen molar-refractivity contribution in [2.24, 2.45) is 0 Å². The zero-order valence-corrected chi connectivity index (χ0v) is 10.5. The number of hydrogen-bond donors (Lipinski definition) is 2. The molecule has 3 aliphatic heterocycles. The summed E-state index contributed by atoms with van der Waals surface area (Å²) in [4.78, 5) is 14.3. The molecule has 4 heteroatoms. The Morgan fingerprint density at radius 2 is 2.12 bits per heavy atom. The van der Waals surface area contributed by atoms with Crippen LogP contribution in [0.15, 0.2) is 0 Å². The van der Waals surface area contributed by atoms with E-state index in [0.717, 1.165) is 25.4 Å². The third kappa shape index (κ3) is 2.47. The number of rotatable bonds is 2. The average molecular weight is 237 g/mol. The lowest BCUT2D eigenvalue weighted by Gasteiger charge is -2.37. The maximum atomic E-state index is 11.7. The standard InChI is InChI=1S/C13H23N3O/c17-13-12(4-1-6-14-13)15-10-5-8-16-7-2-3-11(16)9-10/h10-12,15H,1-9H2,(H,14,17). The number of nitrogens with one attached hydrogen (secondary N) is 2. The molecule has 0 spiro atoms. The van der Waals surface area contributed by atoms with Gasteiger partial charge in [-0.05, 0) is 51.6 Å². The molecule has 0 saturated carbocycles. The molecule has 0 aliphatic carbocycles. The lowest BCUT2D eigenvalue weighted by atomic mass is 9.95. The van der Waals surface area contributed by atoms with Gasteiger partial charge in [0.15, 0.2) is 0 Å². The van der Waals surface area contributed by atoms with Crippen molar-refractivity contribution in [2.45, 2.75) is 56.7 Å². The third-order valence-corrected chi connectivity index (χ3v) is 4.54.